The van der Waals surface area contributed by atoms with Crippen molar-refractivity contribution in [1.29, 1.82) is 0 Å². The fourth-order valence-corrected chi connectivity index (χ4v) is 3.88. The predicted octanol–water partition coefficient (Wildman–Crippen LogP) is 2.15. The molecule has 2 saturated heterocycles. The smallest absolute Gasteiger partial charge is 0.230 e. The Morgan fingerprint density at radius 1 is 1.12 bits per heavy atom. The third kappa shape index (κ3) is 3.99. The van der Waals surface area contributed by atoms with Gasteiger partial charge in [0.1, 0.15) is 0 Å². The molecule has 0 spiro atoms. The molecule has 0 unspecified atom stereocenters. The Morgan fingerprint density at radius 3 is 2.35 bits per heavy atom. The summed E-state index contributed by atoms with van der Waals surface area (Å²) >= 11 is 3.43. The maximum absolute atomic E-state index is 13.0. The standard InChI is InChI=1S/C19H23BrN2O4/c20-15-4-2-14(3-5-15)19(8-12-26-13-9-19)18(25)21-10-1-11-22-16(23)6-7-17(22)24/h2-5H,1,6-13H2,(H,21,25). The van der Waals surface area contributed by atoms with Crippen molar-refractivity contribution in [2.75, 3.05) is 26.3 Å². The van der Waals surface area contributed by atoms with Gasteiger partial charge in [-0.25, -0.2) is 0 Å². The molecule has 2 aliphatic rings. The molecule has 2 fully saturated rings. The topological polar surface area (TPSA) is 75.7 Å². The average molecular weight is 423 g/mol. The van der Waals surface area contributed by atoms with E-state index in [1.807, 2.05) is 24.3 Å². The molecule has 0 bridgehead atoms. The number of nitrogens with zero attached hydrogens (tertiary/aromatic N) is 1. The Morgan fingerprint density at radius 2 is 1.73 bits per heavy atom. The van der Waals surface area contributed by atoms with Crippen LogP contribution in [0.3, 0.4) is 0 Å². The molecule has 26 heavy (non-hydrogen) atoms. The van der Waals surface area contributed by atoms with Crippen LogP contribution in [0.25, 0.3) is 0 Å². The Balaban J connectivity index is 1.60. The number of amides is 3. The molecular weight excluding hydrogens is 400 g/mol. The number of carbonyl (C=O) groups is 3. The molecule has 0 saturated carbocycles. The number of imide groups is 1. The molecule has 1 aromatic carbocycles. The van der Waals surface area contributed by atoms with Crippen molar-refractivity contribution in [2.45, 2.75) is 37.5 Å². The van der Waals surface area contributed by atoms with Crippen LogP contribution in [0.2, 0.25) is 0 Å². The fraction of sp³-hybridized carbons (Fsp3) is 0.526. The van der Waals surface area contributed by atoms with E-state index in [2.05, 4.69) is 21.2 Å². The van der Waals surface area contributed by atoms with Crippen LogP contribution >= 0.6 is 15.9 Å². The SMILES string of the molecule is O=C1CCC(=O)N1CCCNC(=O)C1(c2ccc(Br)cc2)CCOCC1. The van der Waals surface area contributed by atoms with Crippen molar-refractivity contribution in [3.8, 4) is 0 Å². The zero-order valence-corrected chi connectivity index (χ0v) is 16.2. The van der Waals surface area contributed by atoms with Gasteiger partial charge in [-0.2, -0.15) is 0 Å². The van der Waals surface area contributed by atoms with Gasteiger partial charge in [-0.15, -0.1) is 0 Å². The van der Waals surface area contributed by atoms with E-state index in [-0.39, 0.29) is 17.7 Å². The van der Waals surface area contributed by atoms with Crippen molar-refractivity contribution in [2.24, 2.45) is 0 Å². The summed E-state index contributed by atoms with van der Waals surface area (Å²) in [6.07, 6.45) is 2.46. The number of likely N-dealkylation sites (tertiary alicyclic amines) is 1. The number of carbonyl (C=O) groups excluding carboxylic acids is 3. The molecule has 0 atom stereocenters. The van der Waals surface area contributed by atoms with Crippen LogP contribution in [-0.4, -0.2) is 48.9 Å². The molecule has 0 aromatic heterocycles. The average Bonchev–Trinajstić information content (AvgIpc) is 2.98. The summed E-state index contributed by atoms with van der Waals surface area (Å²) in [7, 11) is 0. The van der Waals surface area contributed by atoms with Gasteiger partial charge in [-0.05, 0) is 37.0 Å². The van der Waals surface area contributed by atoms with Crippen LogP contribution in [0.15, 0.2) is 28.7 Å². The van der Waals surface area contributed by atoms with E-state index in [0.29, 0.717) is 58.4 Å². The molecule has 3 rings (SSSR count). The lowest BCUT2D eigenvalue weighted by Gasteiger charge is -2.36. The third-order valence-electron chi connectivity index (χ3n) is 5.18. The highest BCUT2D eigenvalue weighted by atomic mass is 79.9. The molecule has 0 radical (unpaired) electrons. The van der Waals surface area contributed by atoms with Crippen molar-refractivity contribution in [1.82, 2.24) is 10.2 Å². The Labute approximate surface area is 161 Å². The lowest BCUT2D eigenvalue weighted by molar-refractivity contribution is -0.138. The summed E-state index contributed by atoms with van der Waals surface area (Å²) in [5, 5.41) is 3.00. The zero-order valence-electron chi connectivity index (χ0n) is 14.6. The summed E-state index contributed by atoms with van der Waals surface area (Å²) in [5.74, 6) is -0.239. The molecule has 2 heterocycles. The van der Waals surface area contributed by atoms with Gasteiger partial charge in [0.25, 0.3) is 0 Å². The third-order valence-corrected chi connectivity index (χ3v) is 5.71. The maximum Gasteiger partial charge on any atom is 0.230 e. The number of hydrogen-bond acceptors (Lipinski definition) is 4. The lowest BCUT2D eigenvalue weighted by atomic mass is 9.73. The highest BCUT2D eigenvalue weighted by Gasteiger charge is 2.41. The van der Waals surface area contributed by atoms with Crippen LogP contribution in [0.1, 0.15) is 37.7 Å². The summed E-state index contributed by atoms with van der Waals surface area (Å²) in [4.78, 5) is 37.5. The Hall–Kier alpha value is -1.73. The van der Waals surface area contributed by atoms with Crippen LogP contribution in [-0.2, 0) is 24.5 Å². The van der Waals surface area contributed by atoms with Gasteiger partial charge in [0, 0.05) is 43.6 Å². The second-order valence-corrected chi connectivity index (χ2v) is 7.67. The van der Waals surface area contributed by atoms with E-state index in [4.69, 9.17) is 4.74 Å². The summed E-state index contributed by atoms with van der Waals surface area (Å²) in [6, 6.07) is 7.86. The first-order valence-electron chi connectivity index (χ1n) is 8.98. The monoisotopic (exact) mass is 422 g/mol. The molecule has 1 N–H and O–H groups in total. The second-order valence-electron chi connectivity index (χ2n) is 6.75. The first-order valence-corrected chi connectivity index (χ1v) is 9.77. The number of halogens is 1. The van der Waals surface area contributed by atoms with Gasteiger partial charge in [-0.3, -0.25) is 19.3 Å². The number of hydrogen-bond donors (Lipinski definition) is 1. The highest BCUT2D eigenvalue weighted by molar-refractivity contribution is 9.10. The highest BCUT2D eigenvalue weighted by Crippen LogP contribution is 2.35. The predicted molar refractivity (Wildman–Crippen MR) is 99.5 cm³/mol. The van der Waals surface area contributed by atoms with Crippen molar-refractivity contribution >= 4 is 33.7 Å². The largest absolute Gasteiger partial charge is 0.381 e. The van der Waals surface area contributed by atoms with E-state index >= 15 is 0 Å². The summed E-state index contributed by atoms with van der Waals surface area (Å²) in [6.45, 7) is 1.92. The zero-order chi connectivity index (χ0) is 18.6. The summed E-state index contributed by atoms with van der Waals surface area (Å²) in [5.41, 5.74) is 0.407. The molecule has 2 aliphatic heterocycles. The molecule has 0 aliphatic carbocycles. The van der Waals surface area contributed by atoms with E-state index < -0.39 is 5.41 Å². The first kappa shape index (κ1) is 19.0. The van der Waals surface area contributed by atoms with E-state index in [0.717, 1.165) is 10.0 Å². The van der Waals surface area contributed by atoms with Crippen LogP contribution < -0.4 is 5.32 Å². The quantitative estimate of drug-likeness (QED) is 0.562. The molecule has 3 amide bonds. The van der Waals surface area contributed by atoms with Crippen LogP contribution in [0.4, 0.5) is 0 Å². The van der Waals surface area contributed by atoms with Crippen molar-refractivity contribution in [3.63, 3.8) is 0 Å². The minimum Gasteiger partial charge on any atom is -0.381 e. The van der Waals surface area contributed by atoms with E-state index in [1.165, 1.54) is 4.90 Å². The van der Waals surface area contributed by atoms with Gasteiger partial charge in [0.2, 0.25) is 17.7 Å². The number of benzene rings is 1. The Bertz CT molecular complexity index is 667. The first-order chi connectivity index (χ1) is 12.5. The molecule has 6 nitrogen and oxygen atoms in total. The van der Waals surface area contributed by atoms with Gasteiger partial charge < -0.3 is 10.1 Å². The maximum atomic E-state index is 13.0. The number of nitrogens with one attached hydrogen (secondary N) is 1. The van der Waals surface area contributed by atoms with Gasteiger partial charge in [-0.1, -0.05) is 28.1 Å². The minimum atomic E-state index is -0.585. The Kier molecular flexibility index (Phi) is 6.09. The van der Waals surface area contributed by atoms with E-state index in [1.54, 1.807) is 0 Å². The molecule has 1 aromatic rings. The second kappa shape index (κ2) is 8.31. The van der Waals surface area contributed by atoms with Crippen molar-refractivity contribution < 1.29 is 19.1 Å². The fourth-order valence-electron chi connectivity index (χ4n) is 3.62. The molecular formula is C19H23BrN2O4. The number of rotatable bonds is 6. The van der Waals surface area contributed by atoms with Crippen molar-refractivity contribution in [3.05, 3.63) is 34.3 Å². The van der Waals surface area contributed by atoms with E-state index in [9.17, 15) is 14.4 Å². The van der Waals surface area contributed by atoms with Gasteiger partial charge in [0.15, 0.2) is 0 Å². The van der Waals surface area contributed by atoms with Gasteiger partial charge >= 0.3 is 0 Å². The lowest BCUT2D eigenvalue weighted by Crippen LogP contribution is -2.48. The molecule has 7 heteroatoms. The molecule has 140 valence electrons. The number of ether oxygens (including phenoxy) is 1. The van der Waals surface area contributed by atoms with Crippen LogP contribution in [0, 0.1) is 0 Å². The van der Waals surface area contributed by atoms with Gasteiger partial charge in [0.05, 0.1) is 5.41 Å². The van der Waals surface area contributed by atoms with Crippen LogP contribution in [0.5, 0.6) is 0 Å². The summed E-state index contributed by atoms with van der Waals surface area (Å²) < 4.78 is 6.44. The minimum absolute atomic E-state index is 0.0119. The normalized spacial score (nSPS) is 19.7.